The van der Waals surface area contributed by atoms with E-state index < -0.39 is 0 Å². The maximum absolute atomic E-state index is 13.2. The molecule has 29 heavy (non-hydrogen) atoms. The van der Waals surface area contributed by atoms with Crippen LogP contribution in [0.5, 0.6) is 0 Å². The van der Waals surface area contributed by atoms with E-state index in [-0.39, 0.29) is 23.6 Å². The Kier molecular flexibility index (Phi) is 7.41. The smallest absolute Gasteiger partial charge is 0.250 e. The van der Waals surface area contributed by atoms with Crippen LogP contribution in [0.1, 0.15) is 31.4 Å². The van der Waals surface area contributed by atoms with Crippen LogP contribution in [0.4, 0.5) is 4.39 Å². The second kappa shape index (κ2) is 10.2. The molecular weight excluding hydrogens is 371 g/mol. The third-order valence-electron chi connectivity index (χ3n) is 5.02. The number of pyridine rings is 1. The number of rotatable bonds is 6. The van der Waals surface area contributed by atoms with Crippen LogP contribution in [0.15, 0.2) is 58.4 Å². The molecule has 2 heterocycles. The zero-order chi connectivity index (χ0) is 20.6. The van der Waals surface area contributed by atoms with Crippen molar-refractivity contribution in [1.29, 1.82) is 0 Å². The minimum Gasteiger partial charge on any atom is -0.367 e. The second-order valence-corrected chi connectivity index (χ2v) is 7.31. The van der Waals surface area contributed by atoms with Gasteiger partial charge in [-0.25, -0.2) is 4.39 Å². The SMILES string of the molecule is CN=C(NCCCCn1ccccc1=O)N1CC(C)OC(c2ccc(F)cc2)C1. The first kappa shape index (κ1) is 21.0. The summed E-state index contributed by atoms with van der Waals surface area (Å²) in [4.78, 5) is 18.3. The van der Waals surface area contributed by atoms with Crippen molar-refractivity contribution in [2.24, 2.45) is 4.99 Å². The lowest BCUT2D eigenvalue weighted by Crippen LogP contribution is -2.50. The minimum absolute atomic E-state index is 0.0328. The minimum atomic E-state index is -0.246. The van der Waals surface area contributed by atoms with E-state index in [0.717, 1.165) is 37.5 Å². The van der Waals surface area contributed by atoms with Crippen LogP contribution in [0.2, 0.25) is 0 Å². The van der Waals surface area contributed by atoms with Crippen molar-refractivity contribution in [2.75, 3.05) is 26.7 Å². The van der Waals surface area contributed by atoms with E-state index in [0.29, 0.717) is 13.1 Å². The highest BCUT2D eigenvalue weighted by Crippen LogP contribution is 2.25. The third kappa shape index (κ3) is 5.90. The molecule has 0 amide bonds. The van der Waals surface area contributed by atoms with Gasteiger partial charge in [-0.1, -0.05) is 18.2 Å². The molecule has 0 spiro atoms. The summed E-state index contributed by atoms with van der Waals surface area (Å²) in [6.07, 6.45) is 3.58. The Morgan fingerprint density at radius 1 is 1.21 bits per heavy atom. The molecule has 2 atom stereocenters. The van der Waals surface area contributed by atoms with Crippen LogP contribution < -0.4 is 10.9 Å². The lowest BCUT2D eigenvalue weighted by atomic mass is 10.1. The standard InChI is InChI=1S/C22H29FN4O2/c1-17-15-27(16-20(29-17)18-8-10-19(23)11-9-18)22(24-2)25-12-4-6-14-26-13-5-3-7-21(26)28/h3,5,7-11,13,17,20H,4,6,12,14-16H2,1-2H3,(H,24,25). The van der Waals surface area contributed by atoms with Gasteiger partial charge in [0.1, 0.15) is 11.9 Å². The number of aryl methyl sites for hydroxylation is 1. The van der Waals surface area contributed by atoms with Gasteiger partial charge < -0.3 is 19.5 Å². The first-order valence-electron chi connectivity index (χ1n) is 10.1. The monoisotopic (exact) mass is 400 g/mol. The Morgan fingerprint density at radius 3 is 2.72 bits per heavy atom. The molecule has 1 aromatic heterocycles. The molecule has 1 aromatic carbocycles. The lowest BCUT2D eigenvalue weighted by Gasteiger charge is -2.38. The largest absolute Gasteiger partial charge is 0.367 e. The quantitative estimate of drug-likeness (QED) is 0.460. The Balaban J connectivity index is 1.50. The van der Waals surface area contributed by atoms with Gasteiger partial charge >= 0.3 is 0 Å². The summed E-state index contributed by atoms with van der Waals surface area (Å²) in [5, 5.41) is 3.41. The molecule has 1 aliphatic rings. The number of unbranched alkanes of at least 4 members (excludes halogenated alkanes) is 1. The van der Waals surface area contributed by atoms with Crippen molar-refractivity contribution >= 4 is 5.96 Å². The molecule has 0 bridgehead atoms. The number of guanidine groups is 1. The Morgan fingerprint density at radius 2 is 2.00 bits per heavy atom. The Hall–Kier alpha value is -2.67. The molecule has 2 unspecified atom stereocenters. The first-order chi connectivity index (χ1) is 14.1. The van der Waals surface area contributed by atoms with E-state index in [9.17, 15) is 9.18 Å². The molecule has 1 saturated heterocycles. The fourth-order valence-corrected chi connectivity index (χ4v) is 3.57. The molecule has 0 radical (unpaired) electrons. The molecule has 1 aliphatic heterocycles. The molecule has 0 aliphatic carbocycles. The number of aromatic nitrogens is 1. The van der Waals surface area contributed by atoms with Crippen molar-refractivity contribution in [3.8, 4) is 0 Å². The van der Waals surface area contributed by atoms with Gasteiger partial charge in [0.25, 0.3) is 0 Å². The zero-order valence-corrected chi connectivity index (χ0v) is 17.1. The van der Waals surface area contributed by atoms with Gasteiger partial charge in [0.15, 0.2) is 5.96 Å². The summed E-state index contributed by atoms with van der Waals surface area (Å²) in [6, 6.07) is 11.7. The summed E-state index contributed by atoms with van der Waals surface area (Å²) >= 11 is 0. The van der Waals surface area contributed by atoms with Crippen molar-refractivity contribution in [1.82, 2.24) is 14.8 Å². The summed E-state index contributed by atoms with van der Waals surface area (Å²) in [5.74, 6) is 0.592. The van der Waals surface area contributed by atoms with Gasteiger partial charge in [-0.2, -0.15) is 0 Å². The summed E-state index contributed by atoms with van der Waals surface area (Å²) in [7, 11) is 1.78. The van der Waals surface area contributed by atoms with Gasteiger partial charge in [0.2, 0.25) is 5.56 Å². The number of hydrogen-bond donors (Lipinski definition) is 1. The van der Waals surface area contributed by atoms with E-state index in [2.05, 4.69) is 15.2 Å². The fraction of sp³-hybridized carbons (Fsp3) is 0.455. The molecule has 3 rings (SSSR count). The molecule has 2 aromatic rings. The lowest BCUT2D eigenvalue weighted by molar-refractivity contribution is -0.0605. The number of aliphatic imine (C=N–C) groups is 1. The van der Waals surface area contributed by atoms with Gasteiger partial charge in [0.05, 0.1) is 12.6 Å². The van der Waals surface area contributed by atoms with E-state index in [1.807, 2.05) is 19.2 Å². The summed E-state index contributed by atoms with van der Waals surface area (Å²) in [5.41, 5.74) is 0.997. The number of nitrogens with zero attached hydrogens (tertiary/aromatic N) is 3. The average Bonchev–Trinajstić information content (AvgIpc) is 2.72. The molecular formula is C22H29FN4O2. The maximum atomic E-state index is 13.2. The van der Waals surface area contributed by atoms with Crippen LogP contribution in [0.3, 0.4) is 0 Å². The maximum Gasteiger partial charge on any atom is 0.250 e. The predicted molar refractivity (Wildman–Crippen MR) is 113 cm³/mol. The molecule has 7 heteroatoms. The molecule has 156 valence electrons. The van der Waals surface area contributed by atoms with E-state index in [1.165, 1.54) is 12.1 Å². The fourth-order valence-electron chi connectivity index (χ4n) is 3.57. The normalized spacial score (nSPS) is 20.0. The van der Waals surface area contributed by atoms with Crippen molar-refractivity contribution < 1.29 is 9.13 Å². The van der Waals surface area contributed by atoms with E-state index >= 15 is 0 Å². The van der Waals surface area contributed by atoms with Crippen molar-refractivity contribution in [3.63, 3.8) is 0 Å². The summed E-state index contributed by atoms with van der Waals surface area (Å²) in [6.45, 7) is 4.93. The van der Waals surface area contributed by atoms with Crippen molar-refractivity contribution in [3.05, 3.63) is 70.4 Å². The van der Waals surface area contributed by atoms with E-state index in [1.54, 1.807) is 35.9 Å². The number of nitrogens with one attached hydrogen (secondary N) is 1. The second-order valence-electron chi connectivity index (χ2n) is 7.31. The van der Waals surface area contributed by atoms with Gasteiger partial charge in [0, 0.05) is 38.9 Å². The Bertz CT molecular complexity index is 866. The Labute approximate surface area is 171 Å². The van der Waals surface area contributed by atoms with Crippen LogP contribution in [-0.2, 0) is 11.3 Å². The number of morpholine rings is 1. The van der Waals surface area contributed by atoms with Gasteiger partial charge in [-0.15, -0.1) is 0 Å². The van der Waals surface area contributed by atoms with Crippen LogP contribution >= 0.6 is 0 Å². The molecule has 1 N–H and O–H groups in total. The van der Waals surface area contributed by atoms with Crippen molar-refractivity contribution in [2.45, 2.75) is 38.5 Å². The molecule has 1 fully saturated rings. The number of halogens is 1. The topological polar surface area (TPSA) is 58.9 Å². The highest BCUT2D eigenvalue weighted by atomic mass is 19.1. The number of hydrogen-bond acceptors (Lipinski definition) is 3. The molecule has 0 saturated carbocycles. The predicted octanol–water partition coefficient (Wildman–Crippen LogP) is 2.81. The number of ether oxygens (including phenoxy) is 1. The average molecular weight is 400 g/mol. The van der Waals surface area contributed by atoms with E-state index in [4.69, 9.17) is 4.74 Å². The highest BCUT2D eigenvalue weighted by Gasteiger charge is 2.28. The third-order valence-corrected chi connectivity index (χ3v) is 5.02. The number of benzene rings is 1. The van der Waals surface area contributed by atoms with Gasteiger partial charge in [-0.3, -0.25) is 9.79 Å². The molecule has 6 nitrogen and oxygen atoms in total. The highest BCUT2D eigenvalue weighted by molar-refractivity contribution is 5.80. The van der Waals surface area contributed by atoms with Crippen LogP contribution in [0.25, 0.3) is 0 Å². The zero-order valence-electron chi connectivity index (χ0n) is 17.1. The van der Waals surface area contributed by atoms with Gasteiger partial charge in [-0.05, 0) is 43.5 Å². The first-order valence-corrected chi connectivity index (χ1v) is 10.1. The van der Waals surface area contributed by atoms with Crippen LogP contribution in [-0.4, -0.2) is 48.2 Å². The summed E-state index contributed by atoms with van der Waals surface area (Å²) < 4.78 is 21.0. The van der Waals surface area contributed by atoms with Crippen LogP contribution in [0, 0.1) is 5.82 Å².